The van der Waals surface area contributed by atoms with Crippen molar-refractivity contribution in [1.82, 2.24) is 9.88 Å². The normalized spacial score (nSPS) is 22.4. The molecule has 4 nitrogen and oxygen atoms in total. The number of hydrogen-bond donors (Lipinski definition) is 1. The van der Waals surface area contributed by atoms with Crippen LogP contribution in [0.2, 0.25) is 0 Å². The number of ether oxygens (including phenoxy) is 1. The number of pyridine rings is 1. The van der Waals surface area contributed by atoms with Crippen molar-refractivity contribution >= 4 is 22.7 Å². The molecule has 0 radical (unpaired) electrons. The highest BCUT2D eigenvalue weighted by Gasteiger charge is 2.28. The number of benzene rings is 1. The highest BCUT2D eigenvalue weighted by Crippen LogP contribution is 2.37. The molecule has 1 unspecified atom stereocenters. The van der Waals surface area contributed by atoms with Gasteiger partial charge in [-0.05, 0) is 36.1 Å². The van der Waals surface area contributed by atoms with Gasteiger partial charge in [-0.2, -0.15) is 0 Å². The summed E-state index contributed by atoms with van der Waals surface area (Å²) in [4.78, 5) is 8.40. The first-order chi connectivity index (χ1) is 10.7. The quantitative estimate of drug-likeness (QED) is 0.940. The van der Waals surface area contributed by atoms with Crippen LogP contribution < -0.4 is 10.5 Å². The molecule has 116 valence electrons. The van der Waals surface area contributed by atoms with Crippen LogP contribution in [0.3, 0.4) is 0 Å². The van der Waals surface area contributed by atoms with E-state index in [1.165, 1.54) is 21.6 Å². The molecule has 0 bridgehead atoms. The van der Waals surface area contributed by atoms with Crippen LogP contribution in [0.5, 0.6) is 5.75 Å². The van der Waals surface area contributed by atoms with Crippen LogP contribution in [0.4, 0.5) is 0 Å². The van der Waals surface area contributed by atoms with Crippen molar-refractivity contribution in [2.75, 3.05) is 32.5 Å². The van der Waals surface area contributed by atoms with Gasteiger partial charge in [-0.3, -0.25) is 9.88 Å². The summed E-state index contributed by atoms with van der Waals surface area (Å²) in [7, 11) is 1.72. The molecule has 2 aliphatic heterocycles. The molecule has 1 aromatic heterocycles. The van der Waals surface area contributed by atoms with Crippen LogP contribution in [0.1, 0.15) is 5.56 Å². The lowest BCUT2D eigenvalue weighted by Gasteiger charge is -2.40. The summed E-state index contributed by atoms with van der Waals surface area (Å²) in [5, 5.41) is 1.24. The van der Waals surface area contributed by atoms with Gasteiger partial charge in [0.15, 0.2) is 0 Å². The summed E-state index contributed by atoms with van der Waals surface area (Å²) < 4.78 is 5.39. The number of rotatable bonds is 3. The van der Waals surface area contributed by atoms with E-state index in [9.17, 15) is 0 Å². The summed E-state index contributed by atoms with van der Waals surface area (Å²) in [5.41, 5.74) is 8.39. The molecule has 1 atom stereocenters. The predicted molar refractivity (Wildman–Crippen MR) is 90.6 cm³/mol. The number of nitrogens with zero attached hydrogens (tertiary/aromatic N) is 2. The van der Waals surface area contributed by atoms with E-state index in [0.29, 0.717) is 12.0 Å². The Balaban J connectivity index is 1.62. The molecule has 1 fully saturated rings. The molecule has 3 heterocycles. The Bertz CT molecular complexity index is 694. The van der Waals surface area contributed by atoms with Crippen molar-refractivity contribution in [2.24, 2.45) is 11.7 Å². The zero-order valence-corrected chi connectivity index (χ0v) is 13.6. The van der Waals surface area contributed by atoms with Gasteiger partial charge >= 0.3 is 0 Å². The number of nitrogens with two attached hydrogens (primary N) is 1. The minimum atomic E-state index is 0.387. The van der Waals surface area contributed by atoms with Gasteiger partial charge in [0.25, 0.3) is 0 Å². The van der Waals surface area contributed by atoms with Crippen LogP contribution in [-0.4, -0.2) is 48.4 Å². The second-order valence-corrected chi connectivity index (χ2v) is 7.41. The van der Waals surface area contributed by atoms with E-state index in [1.54, 1.807) is 7.11 Å². The minimum Gasteiger partial charge on any atom is -0.497 e. The van der Waals surface area contributed by atoms with Crippen molar-refractivity contribution < 1.29 is 4.74 Å². The Kier molecular flexibility index (Phi) is 3.72. The first-order valence-electron chi connectivity index (χ1n) is 7.79. The van der Waals surface area contributed by atoms with Gasteiger partial charge in [0.2, 0.25) is 0 Å². The van der Waals surface area contributed by atoms with Gasteiger partial charge in [0.05, 0.1) is 12.6 Å². The molecule has 22 heavy (non-hydrogen) atoms. The summed E-state index contributed by atoms with van der Waals surface area (Å²) in [5.74, 6) is 2.78. The Morgan fingerprint density at radius 2 is 2.27 bits per heavy atom. The van der Waals surface area contributed by atoms with Crippen molar-refractivity contribution in [2.45, 2.75) is 17.4 Å². The summed E-state index contributed by atoms with van der Waals surface area (Å²) in [6.45, 7) is 3.27. The fraction of sp³-hybridized carbons (Fsp3) is 0.471. The molecule has 1 saturated heterocycles. The van der Waals surface area contributed by atoms with Crippen molar-refractivity contribution in [3.8, 4) is 5.75 Å². The maximum atomic E-state index is 5.89. The molecule has 4 rings (SSSR count). The van der Waals surface area contributed by atoms with E-state index >= 15 is 0 Å². The van der Waals surface area contributed by atoms with Crippen molar-refractivity contribution in [3.63, 3.8) is 0 Å². The van der Waals surface area contributed by atoms with Gasteiger partial charge in [0, 0.05) is 47.9 Å². The number of hydrogen-bond acceptors (Lipinski definition) is 5. The second kappa shape index (κ2) is 5.72. The zero-order valence-electron chi connectivity index (χ0n) is 12.8. The summed E-state index contributed by atoms with van der Waals surface area (Å²) >= 11 is 1.94. The van der Waals surface area contributed by atoms with Crippen molar-refractivity contribution in [1.29, 1.82) is 0 Å². The third-order valence-electron chi connectivity index (χ3n) is 4.62. The van der Waals surface area contributed by atoms with E-state index in [1.807, 2.05) is 24.0 Å². The zero-order chi connectivity index (χ0) is 15.1. The highest BCUT2D eigenvalue weighted by atomic mass is 32.2. The fourth-order valence-corrected chi connectivity index (χ4v) is 4.60. The maximum absolute atomic E-state index is 5.89. The highest BCUT2D eigenvalue weighted by molar-refractivity contribution is 7.99. The number of fused-ring (bicyclic) bond motifs is 3. The lowest BCUT2D eigenvalue weighted by molar-refractivity contribution is 0.130. The third-order valence-corrected chi connectivity index (χ3v) is 5.92. The minimum absolute atomic E-state index is 0.387. The number of methoxy groups -OCH3 is 1. The lowest BCUT2D eigenvalue weighted by atomic mass is 9.95. The largest absolute Gasteiger partial charge is 0.497 e. The molecule has 2 N–H and O–H groups in total. The summed E-state index contributed by atoms with van der Waals surface area (Å²) in [6, 6.07) is 6.55. The third kappa shape index (κ3) is 2.57. The smallest absolute Gasteiger partial charge is 0.119 e. The standard InChI is InChI=1S/C17H21N3OS/c1-21-13-2-3-16-14(5-13)15-4-11(7-20-8-12(18)9-20)10-22-17(15)6-19-16/h2-3,5-6,11-12H,4,7-10,18H2,1H3. The average molecular weight is 315 g/mol. The molecule has 0 spiro atoms. The molecule has 5 heteroatoms. The molecule has 0 saturated carbocycles. The first kappa shape index (κ1) is 14.3. The van der Waals surface area contributed by atoms with E-state index in [4.69, 9.17) is 10.5 Å². The Hall–Kier alpha value is -1.30. The van der Waals surface area contributed by atoms with Gasteiger partial charge in [-0.15, -0.1) is 11.8 Å². The molecular formula is C17H21N3OS. The topological polar surface area (TPSA) is 51.4 Å². The maximum Gasteiger partial charge on any atom is 0.119 e. The number of aromatic nitrogens is 1. The molecule has 0 aliphatic carbocycles. The number of thioether (sulfide) groups is 1. The molecule has 1 aromatic carbocycles. The second-order valence-electron chi connectivity index (χ2n) is 6.34. The average Bonchev–Trinajstić information content (AvgIpc) is 2.52. The Morgan fingerprint density at radius 1 is 1.41 bits per heavy atom. The lowest BCUT2D eigenvalue weighted by Crippen LogP contribution is -2.57. The van der Waals surface area contributed by atoms with Gasteiger partial charge in [-0.25, -0.2) is 0 Å². The molecule has 2 aliphatic rings. The van der Waals surface area contributed by atoms with Crippen LogP contribution in [0.25, 0.3) is 10.9 Å². The van der Waals surface area contributed by atoms with Gasteiger partial charge in [-0.1, -0.05) is 0 Å². The van der Waals surface area contributed by atoms with E-state index < -0.39 is 0 Å². The van der Waals surface area contributed by atoms with Crippen LogP contribution in [-0.2, 0) is 6.42 Å². The van der Waals surface area contributed by atoms with E-state index in [2.05, 4.69) is 22.0 Å². The monoisotopic (exact) mass is 315 g/mol. The van der Waals surface area contributed by atoms with E-state index in [0.717, 1.165) is 37.3 Å². The molecule has 2 aromatic rings. The first-order valence-corrected chi connectivity index (χ1v) is 8.78. The van der Waals surface area contributed by atoms with Gasteiger partial charge in [0.1, 0.15) is 5.75 Å². The van der Waals surface area contributed by atoms with Crippen LogP contribution in [0, 0.1) is 5.92 Å². The predicted octanol–water partition coefficient (Wildman–Crippen LogP) is 2.15. The van der Waals surface area contributed by atoms with Gasteiger partial charge < -0.3 is 10.5 Å². The fourth-order valence-electron chi connectivity index (χ4n) is 3.47. The number of likely N-dealkylation sites (tertiary alicyclic amines) is 1. The Labute approximate surface area is 135 Å². The summed E-state index contributed by atoms with van der Waals surface area (Å²) in [6.07, 6.45) is 3.16. The van der Waals surface area contributed by atoms with E-state index in [-0.39, 0.29) is 0 Å². The SMILES string of the molecule is COc1ccc2ncc3c(c2c1)CC(CN1CC(N)C1)CS3. The Morgan fingerprint density at radius 3 is 3.05 bits per heavy atom. The van der Waals surface area contributed by atoms with Crippen LogP contribution >= 0.6 is 11.8 Å². The van der Waals surface area contributed by atoms with Crippen molar-refractivity contribution in [3.05, 3.63) is 30.0 Å². The van der Waals surface area contributed by atoms with Crippen LogP contribution in [0.15, 0.2) is 29.3 Å². The molecular weight excluding hydrogens is 294 g/mol. The molecule has 0 amide bonds.